The Morgan fingerprint density at radius 1 is 1.20 bits per heavy atom. The first-order chi connectivity index (χ1) is 9.24. The van der Waals surface area contributed by atoms with Crippen LogP contribution in [0.15, 0.2) is 43.5 Å². The Morgan fingerprint density at radius 3 is 1.70 bits per heavy atom. The van der Waals surface area contributed by atoms with E-state index in [1.54, 1.807) is 12.2 Å². The van der Waals surface area contributed by atoms with E-state index in [0.29, 0.717) is 12.8 Å². The number of unbranched alkanes of at least 4 members (excludes halogenated alkanes) is 1. The minimum absolute atomic E-state index is 0. The first kappa shape index (κ1) is 27.9. The Bertz CT molecular complexity index is 189. The van der Waals surface area contributed by atoms with Crippen LogP contribution in [0.5, 0.6) is 0 Å². The standard InChI is InChI=1S/C5H5.2C4H7O.C4H9.Ti/c1-2-4-5-3-1;2*1-2-3-4-5;1-3-4-2;/h1-3H,4H2;2*2H,1,3-4H2;1,3-4H2,2H3;/q4*-1;+4. The van der Waals surface area contributed by atoms with Crippen molar-refractivity contribution in [1.29, 1.82) is 0 Å². The van der Waals surface area contributed by atoms with Gasteiger partial charge < -0.3 is 17.1 Å². The van der Waals surface area contributed by atoms with Crippen molar-refractivity contribution in [2.45, 2.75) is 39.0 Å². The quantitative estimate of drug-likeness (QED) is 0.445. The van der Waals surface area contributed by atoms with Crippen LogP contribution in [0.1, 0.15) is 39.0 Å². The van der Waals surface area contributed by atoms with Gasteiger partial charge in [-0.1, -0.05) is 38.3 Å². The molecule has 1 aliphatic rings. The van der Waals surface area contributed by atoms with Gasteiger partial charge in [0, 0.05) is 0 Å². The van der Waals surface area contributed by atoms with Crippen LogP contribution < -0.4 is 10.2 Å². The molecule has 0 fully saturated rings. The molecule has 2 nitrogen and oxygen atoms in total. The zero-order chi connectivity index (χ0) is 15.2. The molecule has 1 aliphatic carbocycles. The monoisotopic (exact) mass is 312 g/mol. The van der Waals surface area contributed by atoms with Crippen LogP contribution in [0.2, 0.25) is 0 Å². The third-order valence-electron chi connectivity index (χ3n) is 1.58. The SMILES string of the molecule is C=CCC[O-].C=CCC[O-].[C-]1=CC=CC1.[CH2-]CCC.[Ti+4]. The van der Waals surface area contributed by atoms with Crippen molar-refractivity contribution >= 4 is 0 Å². The first-order valence-electron chi connectivity index (χ1n) is 6.63. The van der Waals surface area contributed by atoms with E-state index in [-0.39, 0.29) is 34.9 Å². The molecule has 112 valence electrons. The number of rotatable bonds is 5. The topological polar surface area (TPSA) is 46.1 Å². The summed E-state index contributed by atoms with van der Waals surface area (Å²) in [5.74, 6) is 0. The molecule has 3 heteroatoms. The molecule has 1 rings (SSSR count). The van der Waals surface area contributed by atoms with Crippen molar-refractivity contribution < 1.29 is 31.9 Å². The molecule has 0 radical (unpaired) electrons. The van der Waals surface area contributed by atoms with Gasteiger partial charge in [-0.25, -0.2) is 12.2 Å². The Labute approximate surface area is 140 Å². The number of allylic oxidation sites excluding steroid dienone is 4. The summed E-state index contributed by atoms with van der Waals surface area (Å²) in [6.07, 6.45) is 16.7. The second kappa shape index (κ2) is 36.3. The molecule has 0 N–H and O–H groups in total. The first-order valence-corrected chi connectivity index (χ1v) is 6.63. The zero-order valence-electron chi connectivity index (χ0n) is 12.8. The van der Waals surface area contributed by atoms with E-state index in [0.717, 1.165) is 12.8 Å². The third kappa shape index (κ3) is 52.6. The minimum atomic E-state index is -0.0243. The van der Waals surface area contributed by atoms with Gasteiger partial charge in [-0.3, -0.25) is 6.08 Å². The van der Waals surface area contributed by atoms with E-state index in [1.807, 2.05) is 12.2 Å². The zero-order valence-corrected chi connectivity index (χ0v) is 14.3. The molecular formula is C17H28O2Ti. The van der Waals surface area contributed by atoms with Crippen LogP contribution in [0, 0.1) is 13.0 Å². The van der Waals surface area contributed by atoms with Gasteiger partial charge in [-0.2, -0.15) is 12.5 Å². The maximum Gasteiger partial charge on any atom is 4.00 e. The van der Waals surface area contributed by atoms with Gasteiger partial charge in [0.05, 0.1) is 0 Å². The Hall–Kier alpha value is -0.406. The average molecular weight is 312 g/mol. The summed E-state index contributed by atoms with van der Waals surface area (Å²) in [5.41, 5.74) is 0. The van der Waals surface area contributed by atoms with Crippen molar-refractivity contribution in [3.63, 3.8) is 0 Å². The van der Waals surface area contributed by atoms with Crippen molar-refractivity contribution in [2.75, 3.05) is 13.2 Å². The summed E-state index contributed by atoms with van der Waals surface area (Å²) in [4.78, 5) is 0. The van der Waals surface area contributed by atoms with Gasteiger partial charge >= 0.3 is 21.7 Å². The Balaban J connectivity index is -0.0000000843. The Morgan fingerprint density at radius 2 is 1.65 bits per heavy atom. The molecule has 0 unspecified atom stereocenters. The van der Waals surface area contributed by atoms with Gasteiger partial charge in [-0.05, 0) is 0 Å². The van der Waals surface area contributed by atoms with E-state index in [4.69, 9.17) is 0 Å². The third-order valence-corrected chi connectivity index (χ3v) is 1.58. The van der Waals surface area contributed by atoms with E-state index in [1.165, 1.54) is 6.42 Å². The van der Waals surface area contributed by atoms with Gasteiger partial charge in [0.25, 0.3) is 0 Å². The molecule has 0 heterocycles. The molecule has 0 aromatic rings. The van der Waals surface area contributed by atoms with Crippen LogP contribution in [-0.2, 0) is 21.7 Å². The molecule has 0 aliphatic heterocycles. The van der Waals surface area contributed by atoms with Gasteiger partial charge in [0.1, 0.15) is 0 Å². The molecule has 20 heavy (non-hydrogen) atoms. The van der Waals surface area contributed by atoms with E-state index in [9.17, 15) is 10.2 Å². The maximum absolute atomic E-state index is 9.46. The molecule has 0 bridgehead atoms. The van der Waals surface area contributed by atoms with Crippen molar-refractivity contribution in [3.05, 3.63) is 56.5 Å². The summed E-state index contributed by atoms with van der Waals surface area (Å²) in [5, 5.41) is 18.9. The van der Waals surface area contributed by atoms with Crippen LogP contribution in [0.25, 0.3) is 0 Å². The largest absolute Gasteiger partial charge is 4.00 e. The summed E-state index contributed by atoms with van der Waals surface area (Å²) in [6.45, 7) is 12.4. The van der Waals surface area contributed by atoms with Crippen molar-refractivity contribution in [3.8, 4) is 0 Å². The summed E-state index contributed by atoms with van der Waals surface area (Å²) in [6, 6.07) is 0. The van der Waals surface area contributed by atoms with E-state index >= 15 is 0 Å². The maximum atomic E-state index is 9.46. The molecular weight excluding hydrogens is 284 g/mol. The molecule has 0 saturated heterocycles. The molecule has 0 amide bonds. The normalized spacial score (nSPS) is 9.60. The second-order valence-corrected chi connectivity index (χ2v) is 3.42. The fourth-order valence-corrected chi connectivity index (χ4v) is 0.507. The van der Waals surface area contributed by atoms with Crippen molar-refractivity contribution in [1.82, 2.24) is 0 Å². The summed E-state index contributed by atoms with van der Waals surface area (Å²) < 4.78 is 0. The molecule has 0 atom stereocenters. The fourth-order valence-electron chi connectivity index (χ4n) is 0.507. The predicted octanol–water partition coefficient (Wildman–Crippen LogP) is 2.77. The average Bonchev–Trinajstić information content (AvgIpc) is 3.01. The predicted molar refractivity (Wildman–Crippen MR) is 81.2 cm³/mol. The minimum Gasteiger partial charge on any atom is -0.854 e. The molecule has 0 spiro atoms. The summed E-state index contributed by atoms with van der Waals surface area (Å²) >= 11 is 0. The van der Waals surface area contributed by atoms with Gasteiger partial charge in [0.2, 0.25) is 0 Å². The smallest absolute Gasteiger partial charge is 0.854 e. The van der Waals surface area contributed by atoms with Crippen LogP contribution in [0.4, 0.5) is 0 Å². The van der Waals surface area contributed by atoms with E-state index < -0.39 is 0 Å². The van der Waals surface area contributed by atoms with Crippen molar-refractivity contribution in [2.24, 2.45) is 0 Å². The van der Waals surface area contributed by atoms with Crippen LogP contribution in [0.3, 0.4) is 0 Å². The number of hydrogen-bond donors (Lipinski definition) is 0. The van der Waals surface area contributed by atoms with Gasteiger partial charge in [0.15, 0.2) is 0 Å². The fraction of sp³-hybridized carbons (Fsp3) is 0.471. The van der Waals surface area contributed by atoms with Gasteiger partial charge in [-0.15, -0.1) is 32.8 Å². The Kier molecular flexibility index (Phi) is 50.5. The molecule has 0 saturated carbocycles. The molecule has 0 aromatic carbocycles. The van der Waals surface area contributed by atoms with Crippen LogP contribution in [-0.4, -0.2) is 13.2 Å². The molecule has 0 aromatic heterocycles. The summed E-state index contributed by atoms with van der Waals surface area (Å²) in [7, 11) is 0. The number of hydrogen-bond acceptors (Lipinski definition) is 2. The van der Waals surface area contributed by atoms with Crippen LogP contribution >= 0.6 is 0 Å². The van der Waals surface area contributed by atoms with E-state index in [2.05, 4.69) is 39.2 Å². The second-order valence-electron chi connectivity index (χ2n) is 3.42.